The zero-order valence-electron chi connectivity index (χ0n) is 17.3. The van der Waals surface area contributed by atoms with Gasteiger partial charge < -0.3 is 15.0 Å². The number of nitrogens with one attached hydrogen (secondary N) is 1. The van der Waals surface area contributed by atoms with E-state index in [-0.39, 0.29) is 24.0 Å². The number of benzene rings is 3. The summed E-state index contributed by atoms with van der Waals surface area (Å²) in [6.45, 7) is 1.20. The molecule has 1 heterocycles. The maximum Gasteiger partial charge on any atom is 0.415 e. The van der Waals surface area contributed by atoms with E-state index in [4.69, 9.17) is 4.74 Å². The van der Waals surface area contributed by atoms with E-state index in [1.807, 2.05) is 78.9 Å². The van der Waals surface area contributed by atoms with E-state index in [0.717, 1.165) is 18.4 Å². The molecule has 0 spiro atoms. The van der Waals surface area contributed by atoms with E-state index in [2.05, 4.69) is 5.32 Å². The molecule has 2 amide bonds. The molecule has 3 aromatic carbocycles. The van der Waals surface area contributed by atoms with E-state index in [9.17, 15) is 9.59 Å². The lowest BCUT2D eigenvalue weighted by Crippen LogP contribution is -2.44. The number of para-hydroxylation sites is 1. The summed E-state index contributed by atoms with van der Waals surface area (Å²) in [6.07, 6.45) is 1.26. The summed E-state index contributed by atoms with van der Waals surface area (Å²) in [5, 5.41) is 3.23. The third-order valence-corrected chi connectivity index (χ3v) is 5.70. The first-order valence-corrected chi connectivity index (χ1v) is 10.6. The van der Waals surface area contributed by atoms with Gasteiger partial charge in [-0.25, -0.2) is 4.79 Å². The van der Waals surface area contributed by atoms with E-state index in [0.29, 0.717) is 24.4 Å². The molecular weight excluding hydrogens is 388 g/mol. The van der Waals surface area contributed by atoms with Gasteiger partial charge in [-0.1, -0.05) is 66.7 Å². The highest BCUT2D eigenvalue weighted by Gasteiger charge is 2.31. The molecule has 1 fully saturated rings. The molecule has 5 heteroatoms. The second kappa shape index (κ2) is 9.94. The van der Waals surface area contributed by atoms with Crippen molar-refractivity contribution in [1.82, 2.24) is 10.2 Å². The highest BCUT2D eigenvalue weighted by molar-refractivity contribution is 5.94. The Labute approximate surface area is 182 Å². The van der Waals surface area contributed by atoms with Gasteiger partial charge in [0.15, 0.2) is 0 Å². The summed E-state index contributed by atoms with van der Waals surface area (Å²) < 4.78 is 5.47. The fraction of sp³-hybridized carbons (Fsp3) is 0.231. The van der Waals surface area contributed by atoms with Crippen LogP contribution in [0.4, 0.5) is 4.79 Å². The molecule has 4 rings (SSSR count). The number of carbonyl (C=O) groups excluding carboxylic acids is 2. The van der Waals surface area contributed by atoms with Crippen molar-refractivity contribution in [2.24, 2.45) is 5.92 Å². The summed E-state index contributed by atoms with van der Waals surface area (Å²) >= 11 is 0. The van der Waals surface area contributed by atoms with Crippen molar-refractivity contribution < 1.29 is 14.3 Å². The number of hydrogen-bond donors (Lipinski definition) is 1. The lowest BCUT2D eigenvalue weighted by molar-refractivity contribution is 0.0885. The number of nitrogens with zero attached hydrogens (tertiary/aromatic N) is 1. The van der Waals surface area contributed by atoms with Crippen molar-refractivity contribution in [3.63, 3.8) is 0 Å². The van der Waals surface area contributed by atoms with Crippen molar-refractivity contribution in [2.75, 3.05) is 13.1 Å². The molecule has 0 bridgehead atoms. The maximum atomic E-state index is 12.9. The fourth-order valence-electron chi connectivity index (χ4n) is 4.02. The van der Waals surface area contributed by atoms with E-state index < -0.39 is 0 Å². The number of amides is 2. The highest BCUT2D eigenvalue weighted by atomic mass is 16.6. The Morgan fingerprint density at radius 1 is 0.806 bits per heavy atom. The fourth-order valence-corrected chi connectivity index (χ4v) is 4.02. The SMILES string of the molecule is O=C(NC(c1ccccc1)C1CCN(C(=O)Oc2ccccc2)CC1)c1ccccc1. The first-order chi connectivity index (χ1) is 15.2. The van der Waals surface area contributed by atoms with E-state index in [1.165, 1.54) is 0 Å². The number of likely N-dealkylation sites (tertiary alicyclic amines) is 1. The maximum absolute atomic E-state index is 12.9. The van der Waals surface area contributed by atoms with Crippen LogP contribution in [0.1, 0.15) is 34.8 Å². The molecule has 1 N–H and O–H groups in total. The molecule has 3 aromatic rings. The molecule has 1 aliphatic heterocycles. The summed E-state index contributed by atoms with van der Waals surface area (Å²) in [7, 11) is 0. The van der Waals surface area contributed by atoms with Crippen LogP contribution in [0.25, 0.3) is 0 Å². The second-order valence-corrected chi connectivity index (χ2v) is 7.73. The molecule has 1 atom stereocenters. The van der Waals surface area contributed by atoms with Crippen LogP contribution in [0.5, 0.6) is 5.75 Å². The first-order valence-electron chi connectivity index (χ1n) is 10.6. The largest absolute Gasteiger partial charge is 0.415 e. The Morgan fingerprint density at radius 2 is 1.35 bits per heavy atom. The van der Waals surface area contributed by atoms with Gasteiger partial charge in [-0.3, -0.25) is 4.79 Å². The molecule has 0 radical (unpaired) electrons. The second-order valence-electron chi connectivity index (χ2n) is 7.73. The summed E-state index contributed by atoms with van der Waals surface area (Å²) in [6, 6.07) is 28.3. The smallest absolute Gasteiger partial charge is 0.410 e. The van der Waals surface area contributed by atoms with E-state index in [1.54, 1.807) is 17.0 Å². The first kappa shape index (κ1) is 20.7. The van der Waals surface area contributed by atoms with Gasteiger partial charge in [0.05, 0.1) is 6.04 Å². The molecule has 1 unspecified atom stereocenters. The number of rotatable bonds is 5. The molecule has 158 valence electrons. The topological polar surface area (TPSA) is 58.6 Å². The van der Waals surface area contributed by atoms with Gasteiger partial charge in [-0.2, -0.15) is 0 Å². The normalized spacial score (nSPS) is 15.2. The van der Waals surface area contributed by atoms with Gasteiger partial charge in [0, 0.05) is 18.7 Å². The minimum absolute atomic E-state index is 0.0830. The van der Waals surface area contributed by atoms with Crippen LogP contribution in [0.3, 0.4) is 0 Å². The van der Waals surface area contributed by atoms with Crippen molar-refractivity contribution in [3.8, 4) is 5.75 Å². The van der Waals surface area contributed by atoms with Crippen LogP contribution in [0, 0.1) is 5.92 Å². The van der Waals surface area contributed by atoms with Crippen LogP contribution in [-0.4, -0.2) is 30.0 Å². The van der Waals surface area contributed by atoms with Crippen LogP contribution in [0.2, 0.25) is 0 Å². The van der Waals surface area contributed by atoms with E-state index >= 15 is 0 Å². The number of carbonyl (C=O) groups is 2. The average molecular weight is 415 g/mol. The van der Waals surface area contributed by atoms with Gasteiger partial charge in [-0.15, -0.1) is 0 Å². The minimum Gasteiger partial charge on any atom is -0.410 e. The minimum atomic E-state index is -0.325. The molecule has 5 nitrogen and oxygen atoms in total. The Balaban J connectivity index is 1.42. The Morgan fingerprint density at radius 3 is 1.97 bits per heavy atom. The average Bonchev–Trinajstić information content (AvgIpc) is 2.84. The molecule has 0 saturated carbocycles. The third-order valence-electron chi connectivity index (χ3n) is 5.70. The summed E-state index contributed by atoms with van der Waals surface area (Å²) in [5.41, 5.74) is 1.73. The lowest BCUT2D eigenvalue weighted by Gasteiger charge is -2.36. The van der Waals surface area contributed by atoms with Crippen LogP contribution < -0.4 is 10.1 Å². The van der Waals surface area contributed by atoms with Gasteiger partial charge >= 0.3 is 6.09 Å². The van der Waals surface area contributed by atoms with Gasteiger partial charge in [0.25, 0.3) is 5.91 Å². The number of piperidine rings is 1. The Bertz CT molecular complexity index is 985. The number of hydrogen-bond acceptors (Lipinski definition) is 3. The Hall–Kier alpha value is -3.60. The predicted octanol–water partition coefficient (Wildman–Crippen LogP) is 5.07. The van der Waals surface area contributed by atoms with Crippen LogP contribution in [-0.2, 0) is 0 Å². The monoisotopic (exact) mass is 414 g/mol. The summed E-state index contributed by atoms with van der Waals surface area (Å²) in [4.78, 5) is 27.1. The zero-order chi connectivity index (χ0) is 21.5. The number of ether oxygens (including phenoxy) is 1. The lowest BCUT2D eigenvalue weighted by atomic mass is 9.85. The van der Waals surface area contributed by atoms with Crippen LogP contribution >= 0.6 is 0 Å². The molecular formula is C26H26N2O3. The van der Waals surface area contributed by atoms with Crippen molar-refractivity contribution >= 4 is 12.0 Å². The quantitative estimate of drug-likeness (QED) is 0.634. The van der Waals surface area contributed by atoms with Crippen LogP contribution in [0.15, 0.2) is 91.0 Å². The van der Waals surface area contributed by atoms with Crippen molar-refractivity contribution in [3.05, 3.63) is 102 Å². The standard InChI is InChI=1S/C26H26N2O3/c29-25(22-12-6-2-7-13-22)27-24(20-10-4-1-5-11-20)21-16-18-28(19-17-21)26(30)31-23-14-8-3-9-15-23/h1-15,21,24H,16-19H2,(H,27,29). The van der Waals surface area contributed by atoms with Crippen molar-refractivity contribution in [2.45, 2.75) is 18.9 Å². The Kier molecular flexibility index (Phi) is 6.62. The predicted molar refractivity (Wildman–Crippen MR) is 120 cm³/mol. The molecule has 1 saturated heterocycles. The third kappa shape index (κ3) is 5.31. The molecule has 1 aliphatic rings. The molecule has 31 heavy (non-hydrogen) atoms. The van der Waals surface area contributed by atoms with Gasteiger partial charge in [0.1, 0.15) is 5.75 Å². The van der Waals surface area contributed by atoms with Gasteiger partial charge in [0.2, 0.25) is 0 Å². The highest BCUT2D eigenvalue weighted by Crippen LogP contribution is 2.31. The molecule has 0 aliphatic carbocycles. The molecule has 0 aromatic heterocycles. The summed E-state index contributed by atoms with van der Waals surface area (Å²) in [5.74, 6) is 0.697. The van der Waals surface area contributed by atoms with Crippen molar-refractivity contribution in [1.29, 1.82) is 0 Å². The van der Waals surface area contributed by atoms with Gasteiger partial charge in [-0.05, 0) is 48.6 Å². The zero-order valence-corrected chi connectivity index (χ0v) is 17.3.